The maximum absolute atomic E-state index is 13.1. The Balaban J connectivity index is 1.61. The van der Waals surface area contributed by atoms with E-state index in [0.29, 0.717) is 0 Å². The number of rotatable bonds is 5. The molecule has 3 N–H and O–H groups in total. The molecule has 0 bridgehead atoms. The Kier molecular flexibility index (Phi) is 6.54. The number of halogens is 4. The molecule has 2 saturated heterocycles. The normalized spacial score (nSPS) is 28.1. The van der Waals surface area contributed by atoms with Gasteiger partial charge in [-0.15, -0.1) is 11.3 Å². The zero-order valence-electron chi connectivity index (χ0n) is 15.2. The van der Waals surface area contributed by atoms with Gasteiger partial charge in [0.15, 0.2) is 0 Å². The number of carbonyl (C=O) groups is 3. The zero-order chi connectivity index (χ0) is 21.3. The van der Waals surface area contributed by atoms with E-state index in [1.807, 2.05) is 12.1 Å². The lowest BCUT2D eigenvalue weighted by molar-refractivity contribution is -0.180. The molecule has 3 rings (SSSR count). The van der Waals surface area contributed by atoms with Gasteiger partial charge < -0.3 is 20.7 Å². The van der Waals surface area contributed by atoms with Crippen LogP contribution in [0.3, 0.4) is 0 Å². The molecular formula is C17H19BrF3N3O4S. The van der Waals surface area contributed by atoms with E-state index in [-0.39, 0.29) is 19.1 Å². The van der Waals surface area contributed by atoms with Crippen molar-refractivity contribution in [2.24, 2.45) is 5.92 Å². The highest BCUT2D eigenvalue weighted by Gasteiger charge is 2.53. The monoisotopic (exact) mass is 497 g/mol. The van der Waals surface area contributed by atoms with E-state index < -0.39 is 54.4 Å². The fourth-order valence-corrected chi connectivity index (χ4v) is 4.79. The Labute approximate surface area is 176 Å². The van der Waals surface area contributed by atoms with Gasteiger partial charge in [-0.05, 0) is 35.0 Å². The van der Waals surface area contributed by atoms with Crippen molar-refractivity contribution in [3.05, 3.63) is 20.8 Å². The Morgan fingerprint density at radius 1 is 1.28 bits per heavy atom. The summed E-state index contributed by atoms with van der Waals surface area (Å²) < 4.78 is 45.5. The van der Waals surface area contributed by atoms with Gasteiger partial charge in [0.25, 0.3) is 0 Å². The lowest BCUT2D eigenvalue weighted by atomic mass is 9.98. The average molecular weight is 498 g/mol. The van der Waals surface area contributed by atoms with Crippen molar-refractivity contribution in [1.82, 2.24) is 16.0 Å². The molecule has 0 aromatic carbocycles. The molecule has 3 amide bonds. The molecule has 0 saturated carbocycles. The van der Waals surface area contributed by atoms with Crippen LogP contribution in [-0.2, 0) is 19.1 Å². The molecule has 1 aromatic heterocycles. The summed E-state index contributed by atoms with van der Waals surface area (Å²) in [6.45, 7) is 1.91. The summed E-state index contributed by atoms with van der Waals surface area (Å²) in [4.78, 5) is 37.2. The summed E-state index contributed by atoms with van der Waals surface area (Å²) in [5.41, 5.74) is 0. The van der Waals surface area contributed by atoms with Crippen molar-refractivity contribution >= 4 is 45.0 Å². The number of alkyl halides is 3. The van der Waals surface area contributed by atoms with E-state index in [0.717, 1.165) is 8.66 Å². The van der Waals surface area contributed by atoms with Crippen LogP contribution in [0.4, 0.5) is 13.2 Å². The minimum atomic E-state index is -4.68. The first-order valence-corrected chi connectivity index (χ1v) is 10.5. The molecule has 12 heteroatoms. The number of hydrogen-bond acceptors (Lipinski definition) is 5. The topological polar surface area (TPSA) is 96.5 Å². The Hall–Kier alpha value is -1.66. The van der Waals surface area contributed by atoms with Crippen molar-refractivity contribution in [2.75, 3.05) is 13.2 Å². The molecule has 0 aliphatic carbocycles. The van der Waals surface area contributed by atoms with Crippen LogP contribution in [0.15, 0.2) is 15.9 Å². The van der Waals surface area contributed by atoms with E-state index in [4.69, 9.17) is 4.74 Å². The minimum Gasteiger partial charge on any atom is -0.377 e. The smallest absolute Gasteiger partial charge is 0.377 e. The van der Waals surface area contributed by atoms with Crippen molar-refractivity contribution in [3.8, 4) is 0 Å². The second-order valence-corrected chi connectivity index (χ2v) is 9.52. The van der Waals surface area contributed by atoms with Crippen molar-refractivity contribution < 1.29 is 32.3 Å². The molecule has 0 spiro atoms. The lowest BCUT2D eigenvalue weighted by Gasteiger charge is -2.25. The second-order valence-electron chi connectivity index (χ2n) is 7.03. The Bertz CT molecular complexity index is 803. The molecule has 5 atom stereocenters. The molecule has 7 nitrogen and oxygen atoms in total. The number of carbonyl (C=O) groups excluding carboxylic acids is 3. The SMILES string of the molecule is CC(C(=O)N[C@@H]1COC[C@@H]1NC(=O)C1NC(=O)CC1C(F)(F)F)c1ccc(Br)s1. The van der Waals surface area contributed by atoms with Crippen LogP contribution < -0.4 is 16.0 Å². The largest absolute Gasteiger partial charge is 0.394 e. The van der Waals surface area contributed by atoms with Gasteiger partial charge in [-0.1, -0.05) is 0 Å². The first-order valence-electron chi connectivity index (χ1n) is 8.86. The average Bonchev–Trinajstić information content (AvgIpc) is 3.34. The summed E-state index contributed by atoms with van der Waals surface area (Å²) in [5.74, 6) is -4.56. The molecule has 3 unspecified atom stereocenters. The van der Waals surface area contributed by atoms with Gasteiger partial charge in [0.1, 0.15) is 6.04 Å². The number of nitrogens with one attached hydrogen (secondary N) is 3. The second kappa shape index (κ2) is 8.60. The number of thiophene rings is 1. The summed E-state index contributed by atoms with van der Waals surface area (Å²) in [5, 5.41) is 7.35. The van der Waals surface area contributed by atoms with Crippen LogP contribution in [0, 0.1) is 5.92 Å². The van der Waals surface area contributed by atoms with Gasteiger partial charge in [0.2, 0.25) is 17.7 Å². The van der Waals surface area contributed by atoms with Crippen molar-refractivity contribution in [1.29, 1.82) is 0 Å². The van der Waals surface area contributed by atoms with Crippen molar-refractivity contribution in [2.45, 2.75) is 43.6 Å². The Morgan fingerprint density at radius 2 is 1.93 bits per heavy atom. The van der Waals surface area contributed by atoms with Crippen LogP contribution in [0.2, 0.25) is 0 Å². The highest BCUT2D eigenvalue weighted by atomic mass is 79.9. The summed E-state index contributed by atoms with van der Waals surface area (Å²) in [7, 11) is 0. The summed E-state index contributed by atoms with van der Waals surface area (Å²) >= 11 is 4.76. The highest BCUT2D eigenvalue weighted by Crippen LogP contribution is 2.35. The van der Waals surface area contributed by atoms with Crippen LogP contribution >= 0.6 is 27.3 Å². The number of amides is 3. The zero-order valence-corrected chi connectivity index (χ0v) is 17.6. The maximum Gasteiger partial charge on any atom is 0.394 e. The predicted molar refractivity (Wildman–Crippen MR) is 101 cm³/mol. The number of ether oxygens (including phenoxy) is 1. The molecule has 2 aliphatic rings. The minimum absolute atomic E-state index is 0.0486. The van der Waals surface area contributed by atoms with E-state index in [1.54, 1.807) is 6.92 Å². The molecular weight excluding hydrogens is 479 g/mol. The van der Waals surface area contributed by atoms with Crippen LogP contribution in [-0.4, -0.2) is 55.2 Å². The predicted octanol–water partition coefficient (Wildman–Crippen LogP) is 1.68. The van der Waals surface area contributed by atoms with Crippen LogP contribution in [0.1, 0.15) is 24.1 Å². The van der Waals surface area contributed by atoms with Gasteiger partial charge in [-0.25, -0.2) is 0 Å². The summed E-state index contributed by atoms with van der Waals surface area (Å²) in [6.07, 6.45) is -5.46. The third-order valence-electron chi connectivity index (χ3n) is 4.98. The molecule has 2 fully saturated rings. The third-order valence-corrected chi connectivity index (χ3v) is 6.78. The standard InChI is InChI=1S/C17H19BrF3N3O4S/c1-7(11-2-3-12(18)29-11)15(26)22-9-5-28-6-10(9)23-16(27)14-8(17(19,20)21)4-13(25)24-14/h2-3,7-10,14H,4-6H2,1H3,(H,22,26)(H,23,27)(H,24,25)/t7?,8?,9-,10+,14?/m1/s1. The van der Waals surface area contributed by atoms with E-state index in [2.05, 4.69) is 31.9 Å². The number of hydrogen-bond donors (Lipinski definition) is 3. The lowest BCUT2D eigenvalue weighted by Crippen LogP contribution is -2.56. The molecule has 2 aliphatic heterocycles. The fraction of sp³-hybridized carbons (Fsp3) is 0.588. The molecule has 160 valence electrons. The maximum atomic E-state index is 13.1. The first-order chi connectivity index (χ1) is 13.6. The molecule has 29 heavy (non-hydrogen) atoms. The molecule has 0 radical (unpaired) electrons. The highest BCUT2D eigenvalue weighted by molar-refractivity contribution is 9.11. The van der Waals surface area contributed by atoms with Gasteiger partial charge >= 0.3 is 6.18 Å². The first kappa shape index (κ1) is 22.0. The quantitative estimate of drug-likeness (QED) is 0.576. The van der Waals surface area contributed by atoms with Gasteiger partial charge in [-0.3, -0.25) is 14.4 Å². The molecule has 1 aromatic rings. The van der Waals surface area contributed by atoms with Crippen LogP contribution in [0.25, 0.3) is 0 Å². The van der Waals surface area contributed by atoms with Gasteiger partial charge in [0, 0.05) is 11.3 Å². The van der Waals surface area contributed by atoms with Crippen molar-refractivity contribution in [3.63, 3.8) is 0 Å². The fourth-order valence-electron chi connectivity index (χ4n) is 3.31. The molecule has 3 heterocycles. The third kappa shape index (κ3) is 5.10. The van der Waals surface area contributed by atoms with E-state index in [1.165, 1.54) is 11.3 Å². The van der Waals surface area contributed by atoms with E-state index >= 15 is 0 Å². The van der Waals surface area contributed by atoms with E-state index in [9.17, 15) is 27.6 Å². The van der Waals surface area contributed by atoms with Gasteiger partial charge in [-0.2, -0.15) is 13.2 Å². The van der Waals surface area contributed by atoms with Crippen LogP contribution in [0.5, 0.6) is 0 Å². The van der Waals surface area contributed by atoms with Gasteiger partial charge in [0.05, 0.1) is 40.9 Å². The Morgan fingerprint density at radius 3 is 2.52 bits per heavy atom. The summed E-state index contributed by atoms with van der Waals surface area (Å²) in [6, 6.07) is 0.683.